The van der Waals surface area contributed by atoms with Crippen LogP contribution in [0.4, 0.5) is 34.1 Å². The molecule has 6 heteroatoms. The summed E-state index contributed by atoms with van der Waals surface area (Å²) in [6, 6.07) is 80.2. The minimum absolute atomic E-state index is 0.0782. The summed E-state index contributed by atoms with van der Waals surface area (Å²) in [5, 5.41) is 14.4. The van der Waals surface area contributed by atoms with E-state index in [2.05, 4.69) is 272 Å². The molecule has 17 rings (SSSR count). The van der Waals surface area contributed by atoms with E-state index in [1.165, 1.54) is 87.3 Å². The predicted octanol–water partition coefficient (Wildman–Crippen LogP) is 21.1. The van der Waals surface area contributed by atoms with Crippen molar-refractivity contribution in [3.05, 3.63) is 230 Å². The van der Waals surface area contributed by atoms with Crippen LogP contribution in [0.1, 0.15) is 51.7 Å². The minimum Gasteiger partial charge on any atom is -0.454 e. The highest BCUT2D eigenvalue weighted by atomic mass is 16.3. The fraction of sp³-hybridized carbons (Fsp3) is 0.0959. The van der Waals surface area contributed by atoms with Gasteiger partial charge in [0, 0.05) is 92.9 Å². The Bertz CT molecular complexity index is 5340. The first-order valence-corrected chi connectivity index (χ1v) is 27.6. The first-order chi connectivity index (χ1) is 38.7. The van der Waals surface area contributed by atoms with E-state index >= 15 is 0 Å². The summed E-state index contributed by atoms with van der Waals surface area (Å²) >= 11 is 0. The van der Waals surface area contributed by atoms with Crippen molar-refractivity contribution >= 4 is 154 Å². The Morgan fingerprint density at radius 2 is 0.722 bits per heavy atom. The normalized spacial score (nSPS) is 12.7. The fourth-order valence-electron chi connectivity index (χ4n) is 13.7. The van der Waals surface area contributed by atoms with Gasteiger partial charge in [0.1, 0.15) is 11.2 Å². The Hall–Kier alpha value is -9.78. The number of furan rings is 2. The average molecular weight is 1020 g/mol. The van der Waals surface area contributed by atoms with Gasteiger partial charge in [0.25, 0.3) is 0 Å². The zero-order chi connectivity index (χ0) is 52.6. The van der Waals surface area contributed by atoms with E-state index in [4.69, 9.17) is 8.83 Å². The lowest BCUT2D eigenvalue weighted by atomic mass is 9.86. The molecule has 0 amide bonds. The van der Waals surface area contributed by atoms with Crippen molar-refractivity contribution in [1.82, 2.24) is 8.80 Å². The van der Waals surface area contributed by atoms with Crippen molar-refractivity contribution < 1.29 is 8.83 Å². The Morgan fingerprint density at radius 1 is 0.329 bits per heavy atom. The second-order valence-corrected chi connectivity index (χ2v) is 23.0. The molecule has 17 aromatic rings. The Kier molecular flexibility index (Phi) is 8.93. The molecule has 6 heterocycles. The van der Waals surface area contributed by atoms with Crippen LogP contribution in [-0.2, 0) is 5.41 Å². The maximum Gasteiger partial charge on any atom is 0.159 e. The van der Waals surface area contributed by atoms with Gasteiger partial charge < -0.3 is 27.4 Å². The smallest absolute Gasteiger partial charge is 0.159 e. The third-order valence-electron chi connectivity index (χ3n) is 17.2. The van der Waals surface area contributed by atoms with E-state index in [1.807, 2.05) is 0 Å². The van der Waals surface area contributed by atoms with Crippen LogP contribution in [0.5, 0.6) is 0 Å². The van der Waals surface area contributed by atoms with E-state index < -0.39 is 0 Å². The molecule has 6 nitrogen and oxygen atoms in total. The van der Waals surface area contributed by atoms with Crippen molar-refractivity contribution in [2.75, 3.05) is 9.80 Å². The van der Waals surface area contributed by atoms with Crippen LogP contribution in [0.25, 0.3) is 120 Å². The lowest BCUT2D eigenvalue weighted by Crippen LogP contribution is -2.11. The predicted molar refractivity (Wildman–Crippen MR) is 332 cm³/mol. The van der Waals surface area contributed by atoms with Gasteiger partial charge in [-0.15, -0.1) is 0 Å². The van der Waals surface area contributed by atoms with E-state index in [9.17, 15) is 0 Å². The summed E-state index contributed by atoms with van der Waals surface area (Å²) in [5.41, 5.74) is 19.6. The van der Waals surface area contributed by atoms with Gasteiger partial charge in [-0.2, -0.15) is 0 Å². The molecule has 0 spiro atoms. The van der Waals surface area contributed by atoms with Gasteiger partial charge in [0.2, 0.25) is 0 Å². The summed E-state index contributed by atoms with van der Waals surface area (Å²) in [5.74, 6) is 0.332. The maximum absolute atomic E-state index is 7.01. The molecule has 0 bridgehead atoms. The maximum atomic E-state index is 7.01. The molecule has 0 radical (unpaired) electrons. The van der Waals surface area contributed by atoms with Crippen molar-refractivity contribution in [2.45, 2.75) is 46.0 Å². The van der Waals surface area contributed by atoms with Crippen LogP contribution in [0.3, 0.4) is 0 Å². The average Bonchev–Trinajstić information content (AvgIpc) is 4.07. The van der Waals surface area contributed by atoms with E-state index in [0.717, 1.165) is 78.0 Å². The number of benzene rings is 11. The molecule has 0 unspecified atom stereocenters. The van der Waals surface area contributed by atoms with Crippen LogP contribution in [0.2, 0.25) is 0 Å². The molecular formula is C73H52N4O2. The van der Waals surface area contributed by atoms with Crippen molar-refractivity contribution in [3.8, 4) is 0 Å². The lowest BCUT2D eigenvalue weighted by Gasteiger charge is -2.25. The Labute approximate surface area is 454 Å². The van der Waals surface area contributed by atoms with Gasteiger partial charge in [-0.1, -0.05) is 168 Å². The SMILES string of the molecule is CC(C)c1cccc2c1oc1c(N(c3ccccc3)c3ccc4c(c3)c3cccc5c6cc7c(cc6n4c35)c3cccc4c5cc(N(c6ccccc6)c6cccc8c6oc6c(C(C)(C)C)cccc68)ccc5n7c43)cccc12. The van der Waals surface area contributed by atoms with Gasteiger partial charge in [-0.25, -0.2) is 0 Å². The van der Waals surface area contributed by atoms with Crippen LogP contribution in [-0.4, -0.2) is 8.80 Å². The molecule has 0 aliphatic carbocycles. The number of para-hydroxylation sites is 8. The summed E-state index contributed by atoms with van der Waals surface area (Å²) in [6.07, 6.45) is 0. The summed E-state index contributed by atoms with van der Waals surface area (Å²) < 4.78 is 19.0. The highest BCUT2D eigenvalue weighted by molar-refractivity contribution is 6.29. The first kappa shape index (κ1) is 44.4. The van der Waals surface area contributed by atoms with E-state index in [1.54, 1.807) is 0 Å². The highest BCUT2D eigenvalue weighted by Crippen LogP contribution is 2.50. The van der Waals surface area contributed by atoms with Gasteiger partial charge in [0.05, 0.1) is 44.5 Å². The first-order valence-electron chi connectivity index (χ1n) is 27.6. The summed E-state index contributed by atoms with van der Waals surface area (Å²) in [4.78, 5) is 4.73. The largest absolute Gasteiger partial charge is 0.454 e. The van der Waals surface area contributed by atoms with Gasteiger partial charge in [-0.05, 0) is 102 Å². The van der Waals surface area contributed by atoms with Gasteiger partial charge >= 0.3 is 0 Å². The minimum atomic E-state index is -0.0782. The summed E-state index contributed by atoms with van der Waals surface area (Å²) in [6.45, 7) is 11.2. The molecule has 0 aliphatic heterocycles. The van der Waals surface area contributed by atoms with E-state index in [0.29, 0.717) is 5.92 Å². The highest BCUT2D eigenvalue weighted by Gasteiger charge is 2.28. The monoisotopic (exact) mass is 1020 g/mol. The number of aromatic nitrogens is 2. The summed E-state index contributed by atoms with van der Waals surface area (Å²) in [7, 11) is 0. The second kappa shape index (κ2) is 15.9. The fourth-order valence-corrected chi connectivity index (χ4v) is 13.7. The second-order valence-electron chi connectivity index (χ2n) is 23.0. The number of hydrogen-bond donors (Lipinski definition) is 0. The number of anilines is 6. The molecule has 0 N–H and O–H groups in total. The van der Waals surface area contributed by atoms with Crippen molar-refractivity contribution in [1.29, 1.82) is 0 Å². The van der Waals surface area contributed by atoms with Crippen LogP contribution in [0.15, 0.2) is 227 Å². The standard InChI is InChI=1S/C73H52N4O2/c1-42(2)47-22-12-27-52-54-29-16-32-63(71(54)78-69(47)52)74(43-18-8-6-9-19-43)45-34-36-61-56(38-45)48-23-13-25-50-58-41-66-59(40-65(58)76(61)67(48)50)51-26-14-24-49-57-39-46(35-37-62(57)77(66)68(49)51)75(44-20-10-7-11-21-44)64-33-17-30-55-53-28-15-31-60(73(3,4)5)70(53)79-72(55)64/h6-42H,1-5H3. The topological polar surface area (TPSA) is 41.6 Å². The van der Waals surface area contributed by atoms with Crippen LogP contribution in [0, 0.1) is 0 Å². The van der Waals surface area contributed by atoms with Crippen molar-refractivity contribution in [2.24, 2.45) is 0 Å². The molecule has 0 saturated carbocycles. The van der Waals surface area contributed by atoms with Gasteiger partial charge in [-0.3, -0.25) is 0 Å². The molecular weight excluding hydrogens is 965 g/mol. The zero-order valence-corrected chi connectivity index (χ0v) is 44.5. The zero-order valence-electron chi connectivity index (χ0n) is 44.5. The molecule has 0 fully saturated rings. The van der Waals surface area contributed by atoms with Crippen molar-refractivity contribution in [3.63, 3.8) is 0 Å². The van der Waals surface area contributed by atoms with Crippen LogP contribution >= 0.6 is 0 Å². The molecule has 376 valence electrons. The molecule has 11 aromatic carbocycles. The number of hydrogen-bond acceptors (Lipinski definition) is 4. The molecule has 6 aromatic heterocycles. The third kappa shape index (κ3) is 6.06. The Balaban J connectivity index is 0.845. The molecule has 0 saturated heterocycles. The van der Waals surface area contributed by atoms with E-state index in [-0.39, 0.29) is 5.41 Å². The number of fused-ring (bicyclic) bond motifs is 18. The lowest BCUT2D eigenvalue weighted by molar-refractivity contribution is 0.573. The van der Waals surface area contributed by atoms with Crippen LogP contribution < -0.4 is 9.80 Å². The molecule has 79 heavy (non-hydrogen) atoms. The molecule has 0 atom stereocenters. The van der Waals surface area contributed by atoms with Gasteiger partial charge in [0.15, 0.2) is 11.2 Å². The number of rotatable bonds is 7. The third-order valence-corrected chi connectivity index (χ3v) is 17.2. The quantitative estimate of drug-likeness (QED) is 0.160. The number of nitrogens with zero attached hydrogens (tertiary/aromatic N) is 4. The molecule has 0 aliphatic rings. The Morgan fingerprint density at radius 3 is 1.19 bits per heavy atom.